The van der Waals surface area contributed by atoms with Crippen molar-refractivity contribution >= 4 is 25.3 Å². The minimum atomic E-state index is -0.422. The first-order chi connectivity index (χ1) is 11.7. The fourth-order valence-corrected chi connectivity index (χ4v) is 3.87. The van der Waals surface area contributed by atoms with E-state index in [1.165, 1.54) is 6.07 Å². The van der Waals surface area contributed by atoms with Crippen molar-refractivity contribution in [3.05, 3.63) is 34.8 Å². The number of hydrogen-bond acceptors (Lipinski definition) is 5. The molecule has 0 aromatic carbocycles. The van der Waals surface area contributed by atoms with Gasteiger partial charge in [-0.05, 0) is 12.0 Å². The number of nitrogens with zero attached hydrogens (tertiary/aromatic N) is 4. The van der Waals surface area contributed by atoms with Crippen molar-refractivity contribution in [1.82, 2.24) is 14.5 Å². The molecule has 0 saturated heterocycles. The average molecular weight is 392 g/mol. The van der Waals surface area contributed by atoms with Crippen LogP contribution in [0, 0.1) is 28.5 Å². The second kappa shape index (κ2) is 7.41. The van der Waals surface area contributed by atoms with Crippen molar-refractivity contribution in [2.45, 2.75) is 44.8 Å². The molecule has 3 rings (SSSR count). The predicted octanol–water partition coefficient (Wildman–Crippen LogP) is 3.59. The van der Waals surface area contributed by atoms with Crippen LogP contribution >= 0.6 is 25.3 Å². The van der Waals surface area contributed by atoms with E-state index in [1.54, 1.807) is 22.5 Å². The molecule has 0 fully saturated rings. The summed E-state index contributed by atoms with van der Waals surface area (Å²) < 4.78 is 16.3. The van der Waals surface area contributed by atoms with Crippen LogP contribution in [-0.4, -0.2) is 20.3 Å². The van der Waals surface area contributed by atoms with E-state index in [-0.39, 0.29) is 24.5 Å². The molecule has 0 aliphatic carbocycles. The monoisotopic (exact) mass is 391 g/mol. The van der Waals surface area contributed by atoms with Crippen molar-refractivity contribution in [3.63, 3.8) is 0 Å². The van der Waals surface area contributed by atoms with Crippen LogP contribution in [0.15, 0.2) is 17.4 Å². The van der Waals surface area contributed by atoms with Gasteiger partial charge < -0.3 is 4.57 Å². The quantitative estimate of drug-likeness (QED) is 0.754. The molecule has 138 valence electrons. The highest BCUT2D eigenvalue weighted by Gasteiger charge is 2.24. The third kappa shape index (κ3) is 3.64. The first kappa shape index (κ1) is 20.5. The smallest absolute Gasteiger partial charge is 0.170 e. The van der Waals surface area contributed by atoms with Crippen LogP contribution in [0.2, 0.25) is 0 Å². The van der Waals surface area contributed by atoms with E-state index in [1.807, 2.05) is 20.8 Å². The standard InChI is InChI=1S/C18H20FN5S.H2S/c1-10-8-24-16(21)12(6-20)14(23-17(24)25-9-10)11-5-13(19)15(22-7-11)18(2,3)4;/h5,7,10,21H,8-9H2,1-4H3;1H2/t10-;/m0./s1. The Morgan fingerprint density at radius 2 is 2.12 bits per heavy atom. The van der Waals surface area contributed by atoms with Crippen molar-refractivity contribution in [2.24, 2.45) is 5.92 Å². The van der Waals surface area contributed by atoms with Gasteiger partial charge in [-0.2, -0.15) is 18.8 Å². The number of pyridine rings is 1. The number of thioether (sulfide) groups is 1. The summed E-state index contributed by atoms with van der Waals surface area (Å²) in [5.74, 6) is 0.901. The van der Waals surface area contributed by atoms with Crippen LogP contribution in [0.4, 0.5) is 4.39 Å². The summed E-state index contributed by atoms with van der Waals surface area (Å²) in [6.45, 7) is 8.45. The maximum absolute atomic E-state index is 14.5. The Labute approximate surface area is 163 Å². The molecule has 0 bridgehead atoms. The Bertz CT molecular complexity index is 940. The zero-order valence-electron chi connectivity index (χ0n) is 15.2. The minimum absolute atomic E-state index is 0. The SMILES string of the molecule is C[C@@H]1CSc2nc(-c3cnc(C(C)(C)C)c(F)c3)c(C#N)c(=N)n2C1.S. The highest BCUT2D eigenvalue weighted by atomic mass is 32.2. The van der Waals surface area contributed by atoms with Crippen molar-refractivity contribution in [3.8, 4) is 17.3 Å². The Morgan fingerprint density at radius 3 is 2.69 bits per heavy atom. The molecule has 1 N–H and O–H groups in total. The molecule has 1 aliphatic rings. The Balaban J connectivity index is 0.00000243. The second-order valence-corrected chi connectivity index (χ2v) is 8.40. The summed E-state index contributed by atoms with van der Waals surface area (Å²) in [5, 5.41) is 18.6. The maximum atomic E-state index is 14.5. The van der Waals surface area contributed by atoms with E-state index < -0.39 is 11.2 Å². The third-order valence-corrected chi connectivity index (χ3v) is 5.42. The molecule has 5 nitrogen and oxygen atoms in total. The summed E-state index contributed by atoms with van der Waals surface area (Å²) in [6.07, 6.45) is 1.54. The second-order valence-electron chi connectivity index (χ2n) is 7.41. The summed E-state index contributed by atoms with van der Waals surface area (Å²) >= 11 is 1.56. The molecule has 0 unspecified atom stereocenters. The normalized spacial score (nSPS) is 16.4. The summed E-state index contributed by atoms with van der Waals surface area (Å²) in [4.78, 5) is 8.82. The lowest BCUT2D eigenvalue weighted by Crippen LogP contribution is -2.32. The molecule has 2 aromatic heterocycles. The first-order valence-corrected chi connectivity index (χ1v) is 9.09. The molecule has 8 heteroatoms. The molecule has 1 atom stereocenters. The fourth-order valence-electron chi connectivity index (χ4n) is 2.85. The van der Waals surface area contributed by atoms with Crippen LogP contribution in [-0.2, 0) is 12.0 Å². The van der Waals surface area contributed by atoms with Crippen LogP contribution in [0.3, 0.4) is 0 Å². The molecular formula is C18H22FN5S2. The van der Waals surface area contributed by atoms with Crippen molar-refractivity contribution in [2.75, 3.05) is 5.75 Å². The molecule has 0 spiro atoms. The van der Waals surface area contributed by atoms with E-state index in [4.69, 9.17) is 5.41 Å². The number of hydrogen-bond donors (Lipinski definition) is 1. The molecule has 0 amide bonds. The van der Waals surface area contributed by atoms with Crippen LogP contribution < -0.4 is 5.49 Å². The number of nitriles is 1. The molecule has 0 radical (unpaired) electrons. The van der Waals surface area contributed by atoms with E-state index in [0.29, 0.717) is 34.6 Å². The Morgan fingerprint density at radius 1 is 1.42 bits per heavy atom. The number of rotatable bonds is 1. The van der Waals surface area contributed by atoms with Gasteiger partial charge in [0.15, 0.2) is 5.16 Å². The van der Waals surface area contributed by atoms with Crippen LogP contribution in [0.1, 0.15) is 39.0 Å². The summed E-state index contributed by atoms with van der Waals surface area (Å²) in [7, 11) is 0. The van der Waals surface area contributed by atoms with Gasteiger partial charge in [-0.1, -0.05) is 39.5 Å². The largest absolute Gasteiger partial charge is 0.304 e. The zero-order chi connectivity index (χ0) is 18.4. The van der Waals surface area contributed by atoms with Gasteiger partial charge in [0.25, 0.3) is 0 Å². The van der Waals surface area contributed by atoms with Gasteiger partial charge >= 0.3 is 0 Å². The summed E-state index contributed by atoms with van der Waals surface area (Å²) in [5.41, 5.74) is 0.999. The Hall–Kier alpha value is -1.85. The van der Waals surface area contributed by atoms with Gasteiger partial charge in [0.05, 0.1) is 11.4 Å². The van der Waals surface area contributed by atoms with Crippen LogP contribution in [0.25, 0.3) is 11.3 Å². The highest BCUT2D eigenvalue weighted by Crippen LogP contribution is 2.30. The first-order valence-electron chi connectivity index (χ1n) is 8.11. The topological polar surface area (TPSA) is 78.3 Å². The number of fused-ring (bicyclic) bond motifs is 1. The van der Waals surface area contributed by atoms with E-state index in [0.717, 1.165) is 5.75 Å². The maximum Gasteiger partial charge on any atom is 0.170 e. The molecular weight excluding hydrogens is 369 g/mol. The average Bonchev–Trinajstić information content (AvgIpc) is 2.54. The van der Waals surface area contributed by atoms with Gasteiger partial charge in [0, 0.05) is 29.5 Å². The lowest BCUT2D eigenvalue weighted by atomic mass is 9.90. The number of aromatic nitrogens is 3. The number of nitrogens with one attached hydrogen (secondary N) is 1. The third-order valence-electron chi connectivity index (χ3n) is 4.11. The number of halogens is 1. The fraction of sp³-hybridized carbons (Fsp3) is 0.444. The zero-order valence-corrected chi connectivity index (χ0v) is 17.0. The lowest BCUT2D eigenvalue weighted by molar-refractivity contribution is 0.452. The van der Waals surface area contributed by atoms with Crippen molar-refractivity contribution in [1.29, 1.82) is 10.7 Å². The molecule has 3 heterocycles. The molecule has 26 heavy (non-hydrogen) atoms. The molecule has 0 saturated carbocycles. The van der Waals surface area contributed by atoms with E-state index in [2.05, 4.69) is 23.0 Å². The van der Waals surface area contributed by atoms with Gasteiger partial charge in [-0.15, -0.1) is 0 Å². The van der Waals surface area contributed by atoms with Gasteiger partial charge in [-0.25, -0.2) is 9.37 Å². The minimum Gasteiger partial charge on any atom is -0.304 e. The van der Waals surface area contributed by atoms with E-state index >= 15 is 0 Å². The molecule has 1 aliphatic heterocycles. The van der Waals surface area contributed by atoms with E-state index in [9.17, 15) is 9.65 Å². The predicted molar refractivity (Wildman–Crippen MR) is 105 cm³/mol. The lowest BCUT2D eigenvalue weighted by Gasteiger charge is -2.24. The molecule has 2 aromatic rings. The van der Waals surface area contributed by atoms with Crippen LogP contribution in [0.5, 0.6) is 0 Å². The van der Waals surface area contributed by atoms with Gasteiger partial charge in [0.2, 0.25) is 0 Å². The van der Waals surface area contributed by atoms with Gasteiger partial charge in [-0.3, -0.25) is 10.4 Å². The Kier molecular flexibility index (Phi) is 5.83. The highest BCUT2D eigenvalue weighted by molar-refractivity contribution is 7.99. The van der Waals surface area contributed by atoms with Crippen molar-refractivity contribution < 1.29 is 4.39 Å². The summed E-state index contributed by atoms with van der Waals surface area (Å²) in [6, 6.07) is 3.43. The van der Waals surface area contributed by atoms with Gasteiger partial charge in [0.1, 0.15) is 22.9 Å².